The highest BCUT2D eigenvalue weighted by atomic mass is 19.4. The second-order valence-electron chi connectivity index (χ2n) is 6.00. The number of rotatable bonds is 5. The van der Waals surface area contributed by atoms with E-state index in [9.17, 15) is 18.0 Å². The molecule has 1 aliphatic rings. The number of carbonyl (C=O) groups excluding carboxylic acids is 1. The Bertz CT molecular complexity index is 587. The Morgan fingerprint density at radius 2 is 1.77 bits per heavy atom. The molecule has 8 heteroatoms. The van der Waals surface area contributed by atoms with E-state index in [0.717, 1.165) is 0 Å². The lowest BCUT2D eigenvalue weighted by Crippen LogP contribution is -2.38. The van der Waals surface area contributed by atoms with Gasteiger partial charge in [-0.25, -0.2) is 0 Å². The summed E-state index contributed by atoms with van der Waals surface area (Å²) in [7, 11) is 0. The molecule has 1 aromatic carbocycles. The number of halogens is 3. The second-order valence-corrected chi connectivity index (χ2v) is 6.00. The molecule has 0 aromatic heterocycles. The standard InChI is InChI=1S/C14H17F3N4O/c1-12(2,7-18)8-19-11(22)9-3-5-10(6-4-9)13(20-21-13)14(15,16)17/h3-6H,7-8,18H2,1-2H3,(H,19,22). The first-order valence-electron chi connectivity index (χ1n) is 6.71. The molecule has 120 valence electrons. The average Bonchev–Trinajstić information content (AvgIpc) is 3.26. The Hall–Kier alpha value is -1.96. The molecular formula is C14H17F3N4O. The van der Waals surface area contributed by atoms with Gasteiger partial charge in [-0.15, -0.1) is 10.2 Å². The van der Waals surface area contributed by atoms with Crippen LogP contribution in [0.25, 0.3) is 0 Å². The second kappa shape index (κ2) is 5.35. The van der Waals surface area contributed by atoms with Crippen molar-refractivity contribution in [2.45, 2.75) is 25.7 Å². The first kappa shape index (κ1) is 16.4. The summed E-state index contributed by atoms with van der Waals surface area (Å²) in [6.07, 6.45) is -4.57. The zero-order valence-electron chi connectivity index (χ0n) is 12.2. The van der Waals surface area contributed by atoms with Crippen molar-refractivity contribution >= 4 is 5.91 Å². The van der Waals surface area contributed by atoms with Crippen LogP contribution in [0.3, 0.4) is 0 Å². The molecule has 0 unspecified atom stereocenters. The summed E-state index contributed by atoms with van der Waals surface area (Å²) in [6, 6.07) is 5.10. The van der Waals surface area contributed by atoms with Gasteiger partial charge in [0, 0.05) is 17.7 Å². The number of hydrogen-bond donors (Lipinski definition) is 2. The maximum absolute atomic E-state index is 12.9. The average molecular weight is 314 g/mol. The van der Waals surface area contributed by atoms with Crippen LogP contribution < -0.4 is 11.1 Å². The van der Waals surface area contributed by atoms with E-state index in [2.05, 4.69) is 15.5 Å². The zero-order chi connectivity index (χ0) is 16.6. The van der Waals surface area contributed by atoms with E-state index in [0.29, 0.717) is 13.1 Å². The number of nitrogens with zero attached hydrogens (tertiary/aromatic N) is 2. The van der Waals surface area contributed by atoms with Crippen molar-refractivity contribution in [1.29, 1.82) is 0 Å². The van der Waals surface area contributed by atoms with Crippen LogP contribution in [0.5, 0.6) is 0 Å². The summed E-state index contributed by atoms with van der Waals surface area (Å²) in [5, 5.41) is 8.94. The minimum Gasteiger partial charge on any atom is -0.351 e. The molecule has 0 atom stereocenters. The number of nitrogens with two attached hydrogens (primary N) is 1. The highest BCUT2D eigenvalue weighted by Crippen LogP contribution is 2.52. The Kier molecular flexibility index (Phi) is 3.99. The number of hydrogen-bond acceptors (Lipinski definition) is 4. The topological polar surface area (TPSA) is 79.8 Å². The monoisotopic (exact) mass is 314 g/mol. The zero-order valence-corrected chi connectivity index (χ0v) is 12.2. The van der Waals surface area contributed by atoms with Crippen LogP contribution in [0.4, 0.5) is 13.2 Å². The number of alkyl halides is 3. The summed E-state index contributed by atoms with van der Waals surface area (Å²) in [5.41, 5.74) is 3.04. The molecule has 0 saturated carbocycles. The normalized spacial score (nSPS) is 16.5. The van der Waals surface area contributed by atoms with Gasteiger partial charge in [-0.05, 0) is 24.1 Å². The van der Waals surface area contributed by atoms with Gasteiger partial charge in [0.15, 0.2) is 0 Å². The molecule has 0 saturated heterocycles. The van der Waals surface area contributed by atoms with Crippen LogP contribution in [0, 0.1) is 5.41 Å². The quantitative estimate of drug-likeness (QED) is 0.876. The van der Waals surface area contributed by atoms with Crippen molar-refractivity contribution in [2.75, 3.05) is 13.1 Å². The van der Waals surface area contributed by atoms with Gasteiger partial charge in [0.25, 0.3) is 5.91 Å². The van der Waals surface area contributed by atoms with Gasteiger partial charge in [-0.2, -0.15) is 13.2 Å². The van der Waals surface area contributed by atoms with Crippen LogP contribution in [-0.2, 0) is 5.66 Å². The van der Waals surface area contributed by atoms with Gasteiger partial charge < -0.3 is 11.1 Å². The predicted molar refractivity (Wildman–Crippen MR) is 74.2 cm³/mol. The molecule has 0 fully saturated rings. The molecule has 0 aliphatic carbocycles. The molecule has 0 bridgehead atoms. The molecule has 0 spiro atoms. The fraction of sp³-hybridized carbons (Fsp3) is 0.500. The van der Waals surface area contributed by atoms with E-state index in [1.807, 2.05) is 13.8 Å². The molecule has 1 aliphatic heterocycles. The highest BCUT2D eigenvalue weighted by Gasteiger charge is 2.65. The van der Waals surface area contributed by atoms with E-state index in [-0.39, 0.29) is 22.4 Å². The maximum Gasteiger partial charge on any atom is 0.442 e. The largest absolute Gasteiger partial charge is 0.442 e. The molecule has 1 aromatic rings. The van der Waals surface area contributed by atoms with Crippen molar-refractivity contribution in [3.8, 4) is 0 Å². The van der Waals surface area contributed by atoms with E-state index in [4.69, 9.17) is 5.73 Å². The lowest BCUT2D eigenvalue weighted by molar-refractivity contribution is -0.166. The molecule has 5 nitrogen and oxygen atoms in total. The summed E-state index contributed by atoms with van der Waals surface area (Å²) >= 11 is 0. The van der Waals surface area contributed by atoms with Crippen molar-refractivity contribution in [3.05, 3.63) is 35.4 Å². The summed E-state index contributed by atoms with van der Waals surface area (Å²) in [4.78, 5) is 12.0. The first-order valence-corrected chi connectivity index (χ1v) is 6.71. The molecule has 2 rings (SSSR count). The first-order chi connectivity index (χ1) is 10.1. The van der Waals surface area contributed by atoms with Crippen LogP contribution in [0.2, 0.25) is 0 Å². The van der Waals surface area contributed by atoms with E-state index < -0.39 is 11.8 Å². The lowest BCUT2D eigenvalue weighted by atomic mass is 9.94. The SMILES string of the molecule is CC(C)(CN)CNC(=O)c1ccc(C2(C(F)(F)F)N=N2)cc1. The van der Waals surface area contributed by atoms with Crippen LogP contribution in [-0.4, -0.2) is 25.2 Å². The molecule has 3 N–H and O–H groups in total. The van der Waals surface area contributed by atoms with Crippen molar-refractivity contribution < 1.29 is 18.0 Å². The van der Waals surface area contributed by atoms with Gasteiger partial charge in [-0.1, -0.05) is 26.0 Å². The molecule has 1 amide bonds. The number of carbonyl (C=O) groups is 1. The fourth-order valence-corrected chi connectivity index (χ4v) is 1.79. The number of nitrogens with one attached hydrogen (secondary N) is 1. The number of benzene rings is 1. The van der Waals surface area contributed by atoms with Gasteiger partial charge in [0.1, 0.15) is 0 Å². The third-order valence-corrected chi connectivity index (χ3v) is 3.52. The summed E-state index contributed by atoms with van der Waals surface area (Å²) < 4.78 is 38.6. The molecule has 1 heterocycles. The maximum atomic E-state index is 12.9. The predicted octanol–water partition coefficient (Wildman–Crippen LogP) is 2.58. The number of amides is 1. The molecule has 22 heavy (non-hydrogen) atoms. The summed E-state index contributed by atoms with van der Waals surface area (Å²) in [6.45, 7) is 4.59. The van der Waals surface area contributed by atoms with Gasteiger partial charge in [0.05, 0.1) is 0 Å². The van der Waals surface area contributed by atoms with E-state index in [1.54, 1.807) is 0 Å². The van der Waals surface area contributed by atoms with E-state index in [1.165, 1.54) is 24.3 Å². The van der Waals surface area contributed by atoms with Gasteiger partial charge in [-0.3, -0.25) is 4.79 Å². The lowest BCUT2D eigenvalue weighted by Gasteiger charge is -2.22. The molecular weight excluding hydrogens is 297 g/mol. The Morgan fingerprint density at radius 3 is 2.18 bits per heavy atom. The molecule has 0 radical (unpaired) electrons. The Morgan fingerprint density at radius 1 is 1.23 bits per heavy atom. The van der Waals surface area contributed by atoms with Gasteiger partial charge in [0.2, 0.25) is 0 Å². The van der Waals surface area contributed by atoms with Crippen molar-refractivity contribution in [1.82, 2.24) is 5.32 Å². The third-order valence-electron chi connectivity index (χ3n) is 3.52. The highest BCUT2D eigenvalue weighted by molar-refractivity contribution is 5.94. The Labute approximate surface area is 125 Å². The van der Waals surface area contributed by atoms with Crippen LogP contribution in [0.15, 0.2) is 34.5 Å². The van der Waals surface area contributed by atoms with Crippen LogP contribution >= 0.6 is 0 Å². The summed E-state index contributed by atoms with van der Waals surface area (Å²) in [5.74, 6) is -0.362. The van der Waals surface area contributed by atoms with Gasteiger partial charge >= 0.3 is 11.8 Å². The minimum absolute atomic E-state index is 0.0983. The van der Waals surface area contributed by atoms with E-state index >= 15 is 0 Å². The van der Waals surface area contributed by atoms with Crippen molar-refractivity contribution in [3.63, 3.8) is 0 Å². The van der Waals surface area contributed by atoms with Crippen LogP contribution in [0.1, 0.15) is 29.8 Å². The van der Waals surface area contributed by atoms with Crippen molar-refractivity contribution in [2.24, 2.45) is 21.4 Å². The smallest absolute Gasteiger partial charge is 0.351 e. The fourth-order valence-electron chi connectivity index (χ4n) is 1.79. The Balaban J connectivity index is 2.05. The minimum atomic E-state index is -4.57. The third kappa shape index (κ3) is 3.11.